The SMILES string of the molecule is Cc1ccc(P(=O)(c2ccc(C)cc2)c2cc(Oc3ccccc3)c3c(c2I)OCO3)cc1. The predicted octanol–water partition coefficient (Wildman–Crippen LogP) is 6.07. The summed E-state index contributed by atoms with van der Waals surface area (Å²) in [6.45, 7) is 4.15. The molecule has 1 aliphatic rings. The fraction of sp³-hybridized carbons (Fsp3) is 0.111. The average Bonchev–Trinajstić information content (AvgIpc) is 3.33. The first-order valence-corrected chi connectivity index (χ1v) is 13.4. The van der Waals surface area contributed by atoms with Gasteiger partial charge < -0.3 is 18.8 Å². The van der Waals surface area contributed by atoms with Gasteiger partial charge in [-0.25, -0.2) is 0 Å². The molecular formula is C27H22IO4P. The monoisotopic (exact) mass is 568 g/mol. The average molecular weight is 568 g/mol. The van der Waals surface area contributed by atoms with Crippen molar-refractivity contribution in [3.63, 3.8) is 0 Å². The van der Waals surface area contributed by atoms with Crippen molar-refractivity contribution in [2.45, 2.75) is 13.8 Å². The molecule has 0 saturated carbocycles. The highest BCUT2D eigenvalue weighted by Gasteiger charge is 2.37. The van der Waals surface area contributed by atoms with Gasteiger partial charge >= 0.3 is 0 Å². The van der Waals surface area contributed by atoms with Gasteiger partial charge in [-0.15, -0.1) is 0 Å². The van der Waals surface area contributed by atoms with Crippen molar-refractivity contribution in [3.8, 4) is 23.0 Å². The van der Waals surface area contributed by atoms with E-state index in [0.717, 1.165) is 25.3 Å². The third kappa shape index (κ3) is 4.04. The second-order valence-corrected chi connectivity index (χ2v) is 11.8. The van der Waals surface area contributed by atoms with Crippen LogP contribution in [0, 0.1) is 17.4 Å². The fourth-order valence-electron chi connectivity index (χ4n) is 3.85. The standard InChI is InChI=1S/C27H22IO4P/c1-18-8-12-21(13-9-18)33(29,22-14-10-19(2)11-15-22)24-16-23(32-20-6-4-3-5-7-20)26-27(25(24)28)31-17-30-26/h3-16H,17H2,1-2H3. The summed E-state index contributed by atoms with van der Waals surface area (Å²) in [5.74, 6) is 2.26. The van der Waals surface area contributed by atoms with E-state index in [2.05, 4.69) is 22.6 Å². The molecule has 0 N–H and O–H groups in total. The predicted molar refractivity (Wildman–Crippen MR) is 141 cm³/mol. The molecule has 6 heteroatoms. The number of halogens is 1. The molecule has 5 rings (SSSR count). The second-order valence-electron chi connectivity index (χ2n) is 7.97. The number of hydrogen-bond donors (Lipinski definition) is 0. The lowest BCUT2D eigenvalue weighted by molar-refractivity contribution is 0.171. The number of fused-ring (bicyclic) bond motifs is 1. The van der Waals surface area contributed by atoms with Gasteiger partial charge in [-0.05, 0) is 54.6 Å². The lowest BCUT2D eigenvalue weighted by Gasteiger charge is -2.23. The Labute approximate surface area is 207 Å². The van der Waals surface area contributed by atoms with E-state index in [0.29, 0.717) is 28.3 Å². The molecule has 1 aliphatic heterocycles. The van der Waals surface area contributed by atoms with Gasteiger partial charge in [-0.1, -0.05) is 77.9 Å². The molecule has 0 atom stereocenters. The Morgan fingerprint density at radius 1 is 0.788 bits per heavy atom. The van der Waals surface area contributed by atoms with Crippen molar-refractivity contribution < 1.29 is 18.8 Å². The number of para-hydroxylation sites is 1. The van der Waals surface area contributed by atoms with Crippen molar-refractivity contribution in [2.75, 3.05) is 6.79 Å². The van der Waals surface area contributed by atoms with Gasteiger partial charge in [0.1, 0.15) is 5.75 Å². The summed E-state index contributed by atoms with van der Waals surface area (Å²) >= 11 is 2.21. The smallest absolute Gasteiger partial charge is 0.231 e. The number of ether oxygens (including phenoxy) is 3. The number of hydrogen-bond acceptors (Lipinski definition) is 4. The Balaban J connectivity index is 1.76. The van der Waals surface area contributed by atoms with Gasteiger partial charge in [-0.2, -0.15) is 0 Å². The van der Waals surface area contributed by atoms with Crippen LogP contribution in [-0.2, 0) is 4.57 Å². The lowest BCUT2D eigenvalue weighted by Crippen LogP contribution is -2.27. The molecule has 0 aromatic heterocycles. The van der Waals surface area contributed by atoms with Crippen LogP contribution in [0.4, 0.5) is 0 Å². The summed E-state index contributed by atoms with van der Waals surface area (Å²) in [5, 5.41) is 2.20. The summed E-state index contributed by atoms with van der Waals surface area (Å²) < 4.78 is 33.6. The maximum Gasteiger partial charge on any atom is 0.231 e. The van der Waals surface area contributed by atoms with E-state index >= 15 is 4.57 Å². The highest BCUT2D eigenvalue weighted by molar-refractivity contribution is 14.1. The molecule has 0 spiro atoms. The van der Waals surface area contributed by atoms with Gasteiger partial charge in [0, 0.05) is 15.9 Å². The van der Waals surface area contributed by atoms with Crippen molar-refractivity contribution in [2.24, 2.45) is 0 Å². The zero-order chi connectivity index (χ0) is 23.0. The zero-order valence-electron chi connectivity index (χ0n) is 18.2. The normalized spacial score (nSPS) is 12.6. The van der Waals surface area contributed by atoms with Gasteiger partial charge in [-0.3, -0.25) is 0 Å². The largest absolute Gasteiger partial charge is 0.453 e. The minimum absolute atomic E-state index is 0.0965. The minimum atomic E-state index is -3.24. The van der Waals surface area contributed by atoms with Crippen molar-refractivity contribution >= 4 is 45.6 Å². The quantitative estimate of drug-likeness (QED) is 0.217. The first-order valence-electron chi connectivity index (χ1n) is 10.6. The fourth-order valence-corrected chi connectivity index (χ4v) is 8.10. The van der Waals surface area contributed by atoms with Crippen molar-refractivity contribution in [1.82, 2.24) is 0 Å². The van der Waals surface area contributed by atoms with E-state index in [1.54, 1.807) is 0 Å². The molecule has 166 valence electrons. The Hall–Kier alpha value is -2.76. The zero-order valence-corrected chi connectivity index (χ0v) is 21.3. The first-order chi connectivity index (χ1) is 16.0. The number of aryl methyl sites for hydroxylation is 2. The molecule has 0 radical (unpaired) electrons. The summed E-state index contributed by atoms with van der Waals surface area (Å²) in [5.41, 5.74) is 2.23. The van der Waals surface area contributed by atoms with Crippen LogP contribution in [0.3, 0.4) is 0 Å². The van der Waals surface area contributed by atoms with Crippen LogP contribution >= 0.6 is 29.7 Å². The lowest BCUT2D eigenvalue weighted by atomic mass is 10.2. The topological polar surface area (TPSA) is 44.8 Å². The summed E-state index contributed by atoms with van der Waals surface area (Å²) in [7, 11) is -3.24. The van der Waals surface area contributed by atoms with Gasteiger partial charge in [0.2, 0.25) is 12.5 Å². The van der Waals surface area contributed by atoms with Crippen LogP contribution in [0.15, 0.2) is 84.9 Å². The van der Waals surface area contributed by atoms with Crippen LogP contribution in [0.2, 0.25) is 0 Å². The van der Waals surface area contributed by atoms with Crippen molar-refractivity contribution in [1.29, 1.82) is 0 Å². The van der Waals surface area contributed by atoms with E-state index in [4.69, 9.17) is 14.2 Å². The van der Waals surface area contributed by atoms with Crippen molar-refractivity contribution in [3.05, 3.63) is 99.6 Å². The molecule has 0 saturated heterocycles. The summed E-state index contributed by atoms with van der Waals surface area (Å²) in [6, 6.07) is 27.1. The maximum atomic E-state index is 15.1. The van der Waals surface area contributed by atoms with E-state index < -0.39 is 7.14 Å². The van der Waals surface area contributed by atoms with Gasteiger partial charge in [0.05, 0.1) is 3.57 Å². The van der Waals surface area contributed by atoms with Gasteiger partial charge in [0.25, 0.3) is 0 Å². The molecule has 0 bridgehead atoms. The minimum Gasteiger partial charge on any atom is -0.453 e. The Bertz CT molecular complexity index is 1300. The van der Waals surface area contributed by atoms with Gasteiger partial charge in [0.15, 0.2) is 18.6 Å². The van der Waals surface area contributed by atoms with Crippen LogP contribution in [0.1, 0.15) is 11.1 Å². The Morgan fingerprint density at radius 2 is 1.33 bits per heavy atom. The number of benzene rings is 4. The van der Waals surface area contributed by atoms with E-state index in [-0.39, 0.29) is 6.79 Å². The van der Waals surface area contributed by atoms with E-state index in [1.165, 1.54) is 0 Å². The molecule has 4 aromatic rings. The molecule has 0 fully saturated rings. The summed E-state index contributed by atoms with van der Waals surface area (Å²) in [6.07, 6.45) is 0. The molecule has 0 aliphatic carbocycles. The maximum absolute atomic E-state index is 15.1. The third-order valence-electron chi connectivity index (χ3n) is 5.63. The molecule has 33 heavy (non-hydrogen) atoms. The molecule has 1 heterocycles. The third-order valence-corrected chi connectivity index (χ3v) is 10.2. The molecule has 4 aromatic carbocycles. The highest BCUT2D eigenvalue weighted by atomic mass is 127. The van der Waals surface area contributed by atoms with Crippen LogP contribution in [0.5, 0.6) is 23.0 Å². The molecule has 0 unspecified atom stereocenters. The van der Waals surface area contributed by atoms with Crippen LogP contribution < -0.4 is 30.1 Å². The second kappa shape index (κ2) is 8.88. The molecule has 4 nitrogen and oxygen atoms in total. The summed E-state index contributed by atoms with van der Waals surface area (Å²) in [4.78, 5) is 0. The number of rotatable bonds is 5. The van der Waals surface area contributed by atoms with Crippen LogP contribution in [0.25, 0.3) is 0 Å². The Morgan fingerprint density at radius 3 is 1.91 bits per heavy atom. The highest BCUT2D eigenvalue weighted by Crippen LogP contribution is 2.52. The molecule has 0 amide bonds. The van der Waals surface area contributed by atoms with E-state index in [9.17, 15) is 0 Å². The van der Waals surface area contributed by atoms with Crippen LogP contribution in [-0.4, -0.2) is 6.79 Å². The first kappa shape index (κ1) is 22.1. The molecular weight excluding hydrogens is 546 g/mol. The van der Waals surface area contributed by atoms with E-state index in [1.807, 2.05) is 98.8 Å². The Kier molecular flexibility index (Phi) is 5.94.